The first-order valence-electron chi connectivity index (χ1n) is 21.8. The largest absolute Gasteiger partial charge is 0.257 e. The Morgan fingerprint density at radius 3 is 1.04 bits per heavy atom. The molecule has 0 fully saturated rings. The van der Waals surface area contributed by atoms with Crippen molar-refractivity contribution in [1.29, 1.82) is 0 Å². The van der Waals surface area contributed by atoms with Gasteiger partial charge in [0.25, 0.3) is 5.82 Å². The predicted octanol–water partition coefficient (Wildman–Crippen LogP) is 15.7. The van der Waals surface area contributed by atoms with Gasteiger partial charge in [-0.25, -0.2) is 9.55 Å². The van der Waals surface area contributed by atoms with Gasteiger partial charge in [0.15, 0.2) is 0 Å². The van der Waals surface area contributed by atoms with Gasteiger partial charge in [-0.05, 0) is 32.6 Å². The summed E-state index contributed by atoms with van der Waals surface area (Å²) >= 11 is 0. The lowest BCUT2D eigenvalue weighted by Crippen LogP contribution is -2.41. The monoisotopic (exact) mass is 644 g/mol. The maximum atomic E-state index is 3.74. The Bertz CT molecular complexity index is 709. The SMILES string of the molecule is CCCCCCCCCCCCCCCCC(CCCCCC)c1[nH]cc[n+]1C(C)CCCCCCCCCCCCCCCC. The average molecular weight is 644 g/mol. The van der Waals surface area contributed by atoms with E-state index in [0.717, 1.165) is 0 Å². The van der Waals surface area contributed by atoms with Crippen LogP contribution in [-0.2, 0) is 0 Å². The van der Waals surface area contributed by atoms with E-state index < -0.39 is 0 Å². The van der Waals surface area contributed by atoms with Crippen LogP contribution in [0.1, 0.15) is 270 Å². The molecule has 1 heterocycles. The molecular formula is C44H87N2+. The van der Waals surface area contributed by atoms with E-state index in [0.29, 0.717) is 12.0 Å². The third kappa shape index (κ3) is 25.3. The van der Waals surface area contributed by atoms with E-state index in [9.17, 15) is 0 Å². The highest BCUT2D eigenvalue weighted by molar-refractivity contribution is 4.90. The zero-order valence-corrected chi connectivity index (χ0v) is 32.5. The summed E-state index contributed by atoms with van der Waals surface area (Å²) < 4.78 is 2.64. The normalized spacial score (nSPS) is 13.0. The van der Waals surface area contributed by atoms with Gasteiger partial charge < -0.3 is 0 Å². The summed E-state index contributed by atoms with van der Waals surface area (Å²) in [6.45, 7) is 9.43. The van der Waals surface area contributed by atoms with Crippen LogP contribution < -0.4 is 4.57 Å². The van der Waals surface area contributed by atoms with E-state index in [1.165, 1.54) is 231 Å². The highest BCUT2D eigenvalue weighted by Gasteiger charge is 2.25. The van der Waals surface area contributed by atoms with Crippen molar-refractivity contribution >= 4 is 0 Å². The first-order valence-corrected chi connectivity index (χ1v) is 21.8. The Hall–Kier alpha value is -0.790. The minimum atomic E-state index is 0.619. The molecule has 0 bridgehead atoms. The van der Waals surface area contributed by atoms with E-state index in [-0.39, 0.29) is 0 Å². The quantitative estimate of drug-likeness (QED) is 0.0550. The maximum absolute atomic E-state index is 3.74. The standard InChI is InChI=1S/C44H86N2/c1-5-8-11-14-16-18-20-22-24-26-28-30-32-34-37-42(4)46-41-40-45-44(46)43(38-35-13-10-7-3)39-36-33-31-29-27-25-23-21-19-17-15-12-9-6-2/h40-43H,5-39H2,1-4H3/p+1. The molecule has 0 radical (unpaired) electrons. The van der Waals surface area contributed by atoms with Gasteiger partial charge in [-0.2, -0.15) is 0 Å². The van der Waals surface area contributed by atoms with E-state index >= 15 is 0 Å². The van der Waals surface area contributed by atoms with Crippen LogP contribution in [0, 0.1) is 0 Å². The zero-order valence-electron chi connectivity index (χ0n) is 32.5. The number of aromatic amines is 1. The molecule has 0 saturated carbocycles. The number of unbranched alkanes of at least 4 members (excludes halogenated alkanes) is 29. The molecule has 0 aromatic carbocycles. The fraction of sp³-hybridized carbons (Fsp3) is 0.932. The molecule has 0 aliphatic rings. The summed E-state index contributed by atoms with van der Waals surface area (Å²) in [6.07, 6.45) is 54.7. The van der Waals surface area contributed by atoms with Crippen molar-refractivity contribution in [3.8, 4) is 0 Å². The van der Waals surface area contributed by atoms with Crippen LogP contribution in [-0.4, -0.2) is 4.98 Å². The van der Waals surface area contributed by atoms with Crippen LogP contribution >= 0.6 is 0 Å². The Labute approximate surface area is 291 Å². The van der Waals surface area contributed by atoms with Crippen molar-refractivity contribution in [1.82, 2.24) is 4.98 Å². The van der Waals surface area contributed by atoms with Crippen molar-refractivity contribution in [3.05, 3.63) is 18.2 Å². The van der Waals surface area contributed by atoms with Crippen molar-refractivity contribution in [2.45, 2.75) is 264 Å². The smallest absolute Gasteiger partial charge is 0.247 e. The van der Waals surface area contributed by atoms with Gasteiger partial charge in [-0.15, -0.1) is 0 Å². The predicted molar refractivity (Wildman–Crippen MR) is 207 cm³/mol. The Balaban J connectivity index is 2.23. The van der Waals surface area contributed by atoms with Gasteiger partial charge in [0.05, 0.1) is 12.0 Å². The van der Waals surface area contributed by atoms with Crippen molar-refractivity contribution in [2.24, 2.45) is 0 Å². The number of H-pyrrole nitrogens is 1. The second-order valence-electron chi connectivity index (χ2n) is 15.4. The molecule has 272 valence electrons. The lowest BCUT2D eigenvalue weighted by atomic mass is 9.93. The summed E-state index contributed by atoms with van der Waals surface area (Å²) in [5.41, 5.74) is 0. The second-order valence-corrected chi connectivity index (χ2v) is 15.4. The molecule has 46 heavy (non-hydrogen) atoms. The molecule has 0 aliphatic carbocycles. The van der Waals surface area contributed by atoms with Crippen molar-refractivity contribution in [2.75, 3.05) is 0 Å². The highest BCUT2D eigenvalue weighted by Crippen LogP contribution is 2.27. The fourth-order valence-corrected chi connectivity index (χ4v) is 7.66. The van der Waals surface area contributed by atoms with Crippen molar-refractivity contribution in [3.63, 3.8) is 0 Å². The van der Waals surface area contributed by atoms with Crippen LogP contribution in [0.2, 0.25) is 0 Å². The lowest BCUT2D eigenvalue weighted by molar-refractivity contribution is -0.727. The molecule has 1 aromatic heterocycles. The number of hydrogen-bond donors (Lipinski definition) is 1. The highest BCUT2D eigenvalue weighted by atomic mass is 15.1. The summed E-state index contributed by atoms with van der Waals surface area (Å²) in [6, 6.07) is 0.619. The summed E-state index contributed by atoms with van der Waals surface area (Å²) in [4.78, 5) is 3.74. The number of rotatable bonds is 37. The lowest BCUT2D eigenvalue weighted by Gasteiger charge is -2.17. The molecule has 0 aliphatic heterocycles. The first-order chi connectivity index (χ1) is 22.7. The molecular weight excluding hydrogens is 556 g/mol. The molecule has 2 nitrogen and oxygen atoms in total. The van der Waals surface area contributed by atoms with E-state index in [2.05, 4.69) is 49.6 Å². The van der Waals surface area contributed by atoms with Gasteiger partial charge in [-0.3, -0.25) is 0 Å². The maximum Gasteiger partial charge on any atom is 0.257 e. The van der Waals surface area contributed by atoms with Gasteiger partial charge in [-0.1, -0.05) is 220 Å². The fourth-order valence-electron chi connectivity index (χ4n) is 7.66. The number of nitrogens with one attached hydrogen (secondary N) is 1. The van der Waals surface area contributed by atoms with Crippen molar-refractivity contribution < 1.29 is 4.57 Å². The molecule has 1 N–H and O–H groups in total. The Morgan fingerprint density at radius 1 is 0.413 bits per heavy atom. The van der Waals surface area contributed by atoms with E-state index in [1.54, 1.807) is 0 Å². The van der Waals surface area contributed by atoms with E-state index in [4.69, 9.17) is 0 Å². The van der Waals surface area contributed by atoms with Crippen LogP contribution in [0.3, 0.4) is 0 Å². The van der Waals surface area contributed by atoms with Gasteiger partial charge >= 0.3 is 0 Å². The van der Waals surface area contributed by atoms with Gasteiger partial charge in [0.2, 0.25) is 0 Å². The molecule has 0 amide bonds. The molecule has 0 spiro atoms. The zero-order chi connectivity index (χ0) is 33.2. The number of aromatic nitrogens is 2. The third-order valence-electron chi connectivity index (χ3n) is 10.9. The average Bonchev–Trinajstić information content (AvgIpc) is 3.56. The first kappa shape index (κ1) is 43.2. The molecule has 2 atom stereocenters. The number of imidazole rings is 1. The van der Waals surface area contributed by atoms with Crippen LogP contribution in [0.5, 0.6) is 0 Å². The van der Waals surface area contributed by atoms with Gasteiger partial charge in [0.1, 0.15) is 12.4 Å². The molecule has 2 heteroatoms. The van der Waals surface area contributed by atoms with Crippen LogP contribution in [0.4, 0.5) is 0 Å². The summed E-state index contributed by atoms with van der Waals surface area (Å²) in [7, 11) is 0. The third-order valence-corrected chi connectivity index (χ3v) is 10.9. The number of hydrogen-bond acceptors (Lipinski definition) is 0. The minimum Gasteiger partial charge on any atom is -0.247 e. The summed E-state index contributed by atoms with van der Waals surface area (Å²) in [5.74, 6) is 2.24. The van der Waals surface area contributed by atoms with E-state index in [1.807, 2.05) is 0 Å². The second kappa shape index (κ2) is 34.1. The van der Waals surface area contributed by atoms with Crippen LogP contribution in [0.15, 0.2) is 12.4 Å². The summed E-state index contributed by atoms with van der Waals surface area (Å²) in [5, 5.41) is 0. The van der Waals surface area contributed by atoms with Crippen LogP contribution in [0.25, 0.3) is 0 Å². The molecule has 2 unspecified atom stereocenters. The topological polar surface area (TPSA) is 19.7 Å². The van der Waals surface area contributed by atoms with Gasteiger partial charge in [0, 0.05) is 0 Å². The molecule has 1 rings (SSSR count). The Kier molecular flexibility index (Phi) is 32.0. The minimum absolute atomic E-state index is 0.619. The molecule has 1 aromatic rings. The number of nitrogens with zero attached hydrogens (tertiary/aromatic N) is 1. The molecule has 0 saturated heterocycles. The Morgan fingerprint density at radius 2 is 0.696 bits per heavy atom.